The van der Waals surface area contributed by atoms with Crippen LogP contribution in [0.2, 0.25) is 0 Å². The average Bonchev–Trinajstić information content (AvgIpc) is 1.19. The largest absolute Gasteiger partial charge is 2.00 e. The van der Waals surface area contributed by atoms with Gasteiger partial charge in [0.05, 0.1) is 0 Å². The summed E-state index contributed by atoms with van der Waals surface area (Å²) in [5, 5.41) is 7.42. The molecule has 19 heteroatoms. The van der Waals surface area contributed by atoms with Crippen LogP contribution in [-0.2, 0) is 104 Å². The van der Waals surface area contributed by atoms with Crippen LogP contribution >= 0.6 is 62.0 Å². The van der Waals surface area contributed by atoms with E-state index in [4.69, 9.17) is 27.4 Å². The van der Waals surface area contributed by atoms with Crippen molar-refractivity contribution < 1.29 is 122 Å². The third-order valence-electron chi connectivity index (χ3n) is 0. The SMILES string of the molecule is CC(=O)O.Cl.Cl.Cl.Cl.Cl.O=S(=O)(O)O.[Ca+2].[Co].[H-].[H-].[H-].[H-].[Mg+2].[Mn].[Ni].[Zn].[Zn]. The number of carboxylic acid groups (broad SMARTS) is 1. The van der Waals surface area contributed by atoms with Crippen LogP contribution < -0.4 is 0 Å². The summed E-state index contributed by atoms with van der Waals surface area (Å²) in [6.45, 7) is 1.08. The molecule has 0 aromatic carbocycles. The third kappa shape index (κ3) is 457. The number of hydrogen-bond acceptors (Lipinski definition) is 3. The summed E-state index contributed by atoms with van der Waals surface area (Å²) in [7, 11) is -4.67. The zero-order valence-corrected chi connectivity index (χ0v) is 28.0. The quantitative estimate of drug-likeness (QED) is 0.258. The van der Waals surface area contributed by atoms with Crippen LogP contribution in [0.15, 0.2) is 0 Å². The van der Waals surface area contributed by atoms with Gasteiger partial charge in [0.15, 0.2) is 0 Å². The van der Waals surface area contributed by atoms with Crippen molar-refractivity contribution in [3.8, 4) is 0 Å². The Bertz CT molecular complexity index is 219. The van der Waals surface area contributed by atoms with Crippen molar-refractivity contribution in [2.45, 2.75) is 6.92 Å². The fourth-order valence-corrected chi connectivity index (χ4v) is 0. The van der Waals surface area contributed by atoms with Crippen LogP contribution in [0.3, 0.4) is 0 Å². The molecule has 0 atom stereocenters. The van der Waals surface area contributed by atoms with Crippen LogP contribution in [0.5, 0.6) is 0 Å². The average molecular weight is 712 g/mol. The van der Waals surface area contributed by atoms with Gasteiger partial charge in [-0.2, -0.15) is 8.42 Å². The van der Waals surface area contributed by atoms with Crippen LogP contribution in [0.4, 0.5) is 0 Å². The summed E-state index contributed by atoms with van der Waals surface area (Å²) in [6, 6.07) is 0. The first kappa shape index (κ1) is 110. The molecular weight excluding hydrogens is 697 g/mol. The Morgan fingerprint density at radius 3 is 0.952 bits per heavy atom. The molecule has 3 N–H and O–H groups in total. The van der Waals surface area contributed by atoms with Crippen LogP contribution in [0.25, 0.3) is 0 Å². The number of hydrogen-bond donors (Lipinski definition) is 3. The summed E-state index contributed by atoms with van der Waals surface area (Å²) >= 11 is 0. The number of carboxylic acids is 1. The monoisotopic (exact) mass is 706 g/mol. The normalized spacial score (nSPS) is 3.95. The van der Waals surface area contributed by atoms with Gasteiger partial charge in [0.2, 0.25) is 0 Å². The molecular formula is C2H15CaCl5CoMgMnNiO6SZn2. The Kier molecular flexibility index (Phi) is 380. The predicted molar refractivity (Wildman–Crippen MR) is 79.7 cm³/mol. The Morgan fingerprint density at radius 1 is 0.952 bits per heavy atom. The first-order chi connectivity index (χ1) is 3.73. The standard InChI is InChI=1S/C2H4O2.Ca.5ClH.Co.Mg.Mn.Ni.H2O4S.2Zn.4H/c1-2(3)4;;;;;;;;;;;1-5(2,3)4;;;;;;/h1H3,(H,3,4);;5*1H;;;;;(H2,1,2,3,4);;;;;;/q;+2;;;;;;;+2;;;;;;4*-1. The Hall–Kier alpha value is 5.58. The van der Waals surface area contributed by atoms with E-state index in [2.05, 4.69) is 0 Å². The van der Waals surface area contributed by atoms with Gasteiger partial charge in [-0.15, -0.1) is 62.0 Å². The van der Waals surface area contributed by atoms with Gasteiger partial charge in [-0.1, -0.05) is 0 Å². The van der Waals surface area contributed by atoms with Crippen LogP contribution in [-0.4, -0.2) is 89.4 Å². The second-order valence-corrected chi connectivity index (χ2v) is 1.86. The molecule has 0 aromatic heterocycles. The zero-order valence-electron chi connectivity index (χ0n) is 14.4. The molecule has 0 rings (SSSR count). The molecule has 0 saturated carbocycles. The van der Waals surface area contributed by atoms with E-state index in [1.54, 1.807) is 0 Å². The fraction of sp³-hybridized carbons (Fsp3) is 0.500. The zero-order chi connectivity index (χ0) is 8.08. The molecule has 2 radical (unpaired) electrons. The van der Waals surface area contributed by atoms with Gasteiger partial charge in [0.1, 0.15) is 0 Å². The Labute approximate surface area is 264 Å². The van der Waals surface area contributed by atoms with Gasteiger partial charge in [0, 0.05) is 96.2 Å². The fourth-order valence-electron chi connectivity index (χ4n) is 0. The molecule has 0 bridgehead atoms. The second kappa shape index (κ2) is 72.7. The number of rotatable bonds is 0. The minimum atomic E-state index is -4.67. The van der Waals surface area contributed by atoms with E-state index in [9.17, 15) is 0 Å². The molecule has 0 spiro atoms. The summed E-state index contributed by atoms with van der Waals surface area (Å²) in [4.78, 5) is 9.00. The van der Waals surface area contributed by atoms with E-state index in [0.717, 1.165) is 6.92 Å². The maximum atomic E-state index is 9.00. The van der Waals surface area contributed by atoms with Crippen LogP contribution in [0.1, 0.15) is 12.6 Å². The molecule has 0 aliphatic heterocycles. The van der Waals surface area contributed by atoms with Crippen molar-refractivity contribution in [2.24, 2.45) is 0 Å². The van der Waals surface area contributed by atoms with Crippen molar-refractivity contribution >= 4 is 139 Å². The first-order valence-corrected chi connectivity index (χ1v) is 3.02. The van der Waals surface area contributed by atoms with Crippen molar-refractivity contribution in [3.63, 3.8) is 0 Å². The van der Waals surface area contributed by atoms with E-state index in [1.165, 1.54) is 0 Å². The second-order valence-electron chi connectivity index (χ2n) is 0.967. The van der Waals surface area contributed by atoms with Gasteiger partial charge in [-0.05, 0) is 0 Å². The minimum Gasteiger partial charge on any atom is -1.00 e. The third-order valence-corrected chi connectivity index (χ3v) is 0. The van der Waals surface area contributed by atoms with Crippen LogP contribution in [0, 0.1) is 0 Å². The molecule has 6 nitrogen and oxygen atoms in total. The number of aliphatic carboxylic acids is 1. The van der Waals surface area contributed by atoms with Crippen molar-refractivity contribution in [2.75, 3.05) is 0 Å². The predicted octanol–water partition coefficient (Wildman–Crippen LogP) is 1.22. The Morgan fingerprint density at radius 2 is 0.952 bits per heavy atom. The van der Waals surface area contributed by atoms with Gasteiger partial charge in [-0.3, -0.25) is 13.9 Å². The summed E-state index contributed by atoms with van der Waals surface area (Å²) in [5.41, 5.74) is 0. The summed E-state index contributed by atoms with van der Waals surface area (Å²) < 4.78 is 31.6. The topological polar surface area (TPSA) is 112 Å². The van der Waals surface area contributed by atoms with E-state index in [-0.39, 0.29) is 218 Å². The minimum absolute atomic E-state index is 0. The smallest absolute Gasteiger partial charge is 1.00 e. The first-order valence-electron chi connectivity index (χ1n) is 1.63. The van der Waals surface area contributed by atoms with Crippen molar-refractivity contribution in [1.29, 1.82) is 0 Å². The molecule has 0 amide bonds. The molecule has 21 heavy (non-hydrogen) atoms. The molecule has 134 valence electrons. The molecule has 0 heterocycles. The molecule has 0 aliphatic carbocycles. The number of halogens is 5. The van der Waals surface area contributed by atoms with Crippen molar-refractivity contribution in [1.82, 2.24) is 0 Å². The molecule has 0 unspecified atom stereocenters. The van der Waals surface area contributed by atoms with E-state index in [0.29, 0.717) is 0 Å². The molecule has 0 fully saturated rings. The molecule has 0 aromatic rings. The molecule has 0 saturated heterocycles. The maximum Gasteiger partial charge on any atom is 2.00 e. The van der Waals surface area contributed by atoms with Gasteiger partial charge in [0.25, 0.3) is 5.97 Å². The Balaban J connectivity index is -0.00000000150. The summed E-state index contributed by atoms with van der Waals surface area (Å²) in [5.74, 6) is -0.833. The van der Waals surface area contributed by atoms with E-state index in [1.807, 2.05) is 0 Å². The maximum absolute atomic E-state index is 9.00. The molecule has 0 aliphatic rings. The van der Waals surface area contributed by atoms with Crippen molar-refractivity contribution in [3.05, 3.63) is 0 Å². The number of carbonyl (C=O) groups is 1. The van der Waals surface area contributed by atoms with E-state index >= 15 is 0 Å². The summed E-state index contributed by atoms with van der Waals surface area (Å²) in [6.07, 6.45) is 0. The van der Waals surface area contributed by atoms with Gasteiger partial charge >= 0.3 is 71.2 Å². The van der Waals surface area contributed by atoms with Gasteiger partial charge < -0.3 is 10.8 Å². The van der Waals surface area contributed by atoms with Gasteiger partial charge in [-0.25, -0.2) is 0 Å². The van der Waals surface area contributed by atoms with E-state index < -0.39 is 16.4 Å².